The van der Waals surface area contributed by atoms with Gasteiger partial charge in [0.25, 0.3) is 0 Å². The molecule has 1 heterocycles. The number of carbonyl (C=O) groups excluding carboxylic acids is 2. The van der Waals surface area contributed by atoms with Gasteiger partial charge in [-0.3, -0.25) is 14.9 Å². The van der Waals surface area contributed by atoms with E-state index in [0.717, 1.165) is 0 Å². The van der Waals surface area contributed by atoms with Gasteiger partial charge >= 0.3 is 0 Å². The molecule has 1 saturated heterocycles. The minimum Gasteiger partial charge on any atom is -0.318 e. The molecule has 0 radical (unpaired) electrons. The Bertz CT molecular complexity index is 191. The molecule has 0 aromatic rings. The first kappa shape index (κ1) is 10.4. The zero-order valence-electron chi connectivity index (χ0n) is 6.22. The van der Waals surface area contributed by atoms with E-state index in [4.69, 9.17) is 5.73 Å². The van der Waals surface area contributed by atoms with Gasteiger partial charge in [0, 0.05) is 6.42 Å². The lowest BCUT2D eigenvalue weighted by Crippen LogP contribution is -2.57. The highest BCUT2D eigenvalue weighted by Gasteiger charge is 2.34. The lowest BCUT2D eigenvalue weighted by molar-refractivity contribution is -0.137. The summed E-state index contributed by atoms with van der Waals surface area (Å²) in [6.07, 6.45) is 0.788. The zero-order valence-corrected chi connectivity index (χ0v) is 7.03. The number of carbonyl (C=O) groups is 2. The third-order valence-electron chi connectivity index (χ3n) is 1.64. The van der Waals surface area contributed by atoms with Gasteiger partial charge in [-0.15, -0.1) is 12.4 Å². The predicted molar refractivity (Wildman–Crippen MR) is 42.2 cm³/mol. The van der Waals surface area contributed by atoms with Crippen LogP contribution in [0.1, 0.15) is 19.8 Å². The molecule has 0 aliphatic carbocycles. The van der Waals surface area contributed by atoms with E-state index < -0.39 is 5.54 Å². The van der Waals surface area contributed by atoms with Crippen molar-refractivity contribution in [3.05, 3.63) is 0 Å². The van der Waals surface area contributed by atoms with Crippen molar-refractivity contribution < 1.29 is 9.59 Å². The minimum atomic E-state index is -0.853. The van der Waals surface area contributed by atoms with Gasteiger partial charge < -0.3 is 5.73 Å². The molecule has 11 heavy (non-hydrogen) atoms. The standard InChI is InChI=1S/C6H10N2O2.ClH/c1-6(7)3-2-4(9)8-5(6)10;/h2-3,7H2,1H3,(H,8,9,10);1H/t6-;/m1./s1. The monoisotopic (exact) mass is 178 g/mol. The average molecular weight is 179 g/mol. The van der Waals surface area contributed by atoms with E-state index in [0.29, 0.717) is 12.8 Å². The van der Waals surface area contributed by atoms with Gasteiger partial charge in [-0.05, 0) is 13.3 Å². The quantitative estimate of drug-likeness (QED) is 0.494. The summed E-state index contributed by atoms with van der Waals surface area (Å²) >= 11 is 0. The van der Waals surface area contributed by atoms with Gasteiger partial charge in [-0.1, -0.05) is 0 Å². The maximum Gasteiger partial charge on any atom is 0.246 e. The number of halogens is 1. The normalized spacial score (nSPS) is 30.7. The summed E-state index contributed by atoms with van der Waals surface area (Å²) in [5.41, 5.74) is 4.67. The number of hydrogen-bond donors (Lipinski definition) is 2. The Kier molecular flexibility index (Phi) is 3.02. The molecule has 4 nitrogen and oxygen atoms in total. The van der Waals surface area contributed by atoms with Gasteiger partial charge in [0.1, 0.15) is 0 Å². The largest absolute Gasteiger partial charge is 0.318 e. The van der Waals surface area contributed by atoms with Crippen LogP contribution in [0.4, 0.5) is 0 Å². The molecule has 64 valence electrons. The third-order valence-corrected chi connectivity index (χ3v) is 1.64. The Balaban J connectivity index is 0.000001000. The van der Waals surface area contributed by atoms with Crippen molar-refractivity contribution in [3.63, 3.8) is 0 Å². The fraction of sp³-hybridized carbons (Fsp3) is 0.667. The minimum absolute atomic E-state index is 0. The van der Waals surface area contributed by atoms with Crippen molar-refractivity contribution in [1.29, 1.82) is 0 Å². The van der Waals surface area contributed by atoms with Gasteiger partial charge in [0.15, 0.2) is 0 Å². The van der Waals surface area contributed by atoms with Gasteiger partial charge in [0.2, 0.25) is 11.8 Å². The average Bonchev–Trinajstić information content (AvgIpc) is 1.81. The molecule has 0 spiro atoms. The van der Waals surface area contributed by atoms with Crippen LogP contribution in [0, 0.1) is 0 Å². The first-order valence-electron chi connectivity index (χ1n) is 3.15. The summed E-state index contributed by atoms with van der Waals surface area (Å²) in [6, 6.07) is 0. The van der Waals surface area contributed by atoms with Crippen LogP contribution >= 0.6 is 12.4 Å². The van der Waals surface area contributed by atoms with Crippen molar-refractivity contribution in [3.8, 4) is 0 Å². The van der Waals surface area contributed by atoms with E-state index >= 15 is 0 Å². The van der Waals surface area contributed by atoms with Crippen LogP contribution in [-0.2, 0) is 9.59 Å². The van der Waals surface area contributed by atoms with Crippen LogP contribution in [-0.4, -0.2) is 17.4 Å². The van der Waals surface area contributed by atoms with Crippen molar-refractivity contribution in [1.82, 2.24) is 5.32 Å². The number of nitrogens with one attached hydrogen (secondary N) is 1. The fourth-order valence-corrected chi connectivity index (χ4v) is 0.819. The summed E-state index contributed by atoms with van der Waals surface area (Å²) in [6.45, 7) is 1.62. The van der Waals surface area contributed by atoms with Gasteiger partial charge in [-0.2, -0.15) is 0 Å². The van der Waals surface area contributed by atoms with Crippen LogP contribution in [0.2, 0.25) is 0 Å². The molecule has 1 atom stereocenters. The summed E-state index contributed by atoms with van der Waals surface area (Å²) in [4.78, 5) is 21.4. The van der Waals surface area contributed by atoms with Crippen LogP contribution in [0.3, 0.4) is 0 Å². The van der Waals surface area contributed by atoms with Crippen molar-refractivity contribution in [2.24, 2.45) is 5.73 Å². The highest BCUT2D eigenvalue weighted by atomic mass is 35.5. The summed E-state index contributed by atoms with van der Waals surface area (Å²) in [5, 5.41) is 2.17. The molecular formula is C6H11ClN2O2. The SMILES string of the molecule is C[C@@]1(N)CCC(=O)NC1=O.Cl. The Morgan fingerprint density at radius 2 is 2.09 bits per heavy atom. The number of rotatable bonds is 0. The zero-order chi connectivity index (χ0) is 7.78. The number of amides is 2. The first-order valence-corrected chi connectivity index (χ1v) is 3.15. The number of piperidine rings is 1. The molecule has 0 unspecified atom stereocenters. The molecular weight excluding hydrogens is 168 g/mol. The van der Waals surface area contributed by atoms with Crippen LogP contribution < -0.4 is 11.1 Å². The summed E-state index contributed by atoms with van der Waals surface area (Å²) in [7, 11) is 0. The topological polar surface area (TPSA) is 72.2 Å². The molecule has 0 aromatic heterocycles. The maximum atomic E-state index is 10.9. The molecule has 1 rings (SSSR count). The van der Waals surface area contributed by atoms with Gasteiger partial charge in [0.05, 0.1) is 5.54 Å². The maximum absolute atomic E-state index is 10.9. The van der Waals surface area contributed by atoms with Crippen LogP contribution in [0.25, 0.3) is 0 Å². The fourth-order valence-electron chi connectivity index (χ4n) is 0.819. The summed E-state index contributed by atoms with van der Waals surface area (Å²) in [5.74, 6) is -0.600. The first-order chi connectivity index (χ1) is 4.52. The molecule has 1 fully saturated rings. The lowest BCUT2D eigenvalue weighted by atomic mass is 9.93. The highest BCUT2D eigenvalue weighted by molar-refractivity contribution is 6.02. The summed E-state index contributed by atoms with van der Waals surface area (Å²) < 4.78 is 0. The third kappa shape index (κ3) is 2.17. The second kappa shape index (κ2) is 3.19. The smallest absolute Gasteiger partial charge is 0.246 e. The number of imide groups is 1. The second-order valence-corrected chi connectivity index (χ2v) is 2.79. The number of hydrogen-bond acceptors (Lipinski definition) is 3. The highest BCUT2D eigenvalue weighted by Crippen LogP contribution is 2.12. The molecule has 0 bridgehead atoms. The van der Waals surface area contributed by atoms with E-state index in [2.05, 4.69) is 5.32 Å². The molecule has 2 amide bonds. The molecule has 5 heteroatoms. The number of nitrogens with two attached hydrogens (primary N) is 1. The van der Waals surface area contributed by atoms with E-state index in [1.165, 1.54) is 0 Å². The molecule has 1 aliphatic rings. The van der Waals surface area contributed by atoms with Crippen molar-refractivity contribution in [2.45, 2.75) is 25.3 Å². The van der Waals surface area contributed by atoms with Crippen LogP contribution in [0.5, 0.6) is 0 Å². The van der Waals surface area contributed by atoms with Crippen LogP contribution in [0.15, 0.2) is 0 Å². The molecule has 0 aromatic carbocycles. The van der Waals surface area contributed by atoms with E-state index in [-0.39, 0.29) is 24.2 Å². The Morgan fingerprint density at radius 3 is 2.45 bits per heavy atom. The molecule has 3 N–H and O–H groups in total. The second-order valence-electron chi connectivity index (χ2n) is 2.79. The predicted octanol–water partition coefficient (Wildman–Crippen LogP) is -0.438. The van der Waals surface area contributed by atoms with E-state index in [9.17, 15) is 9.59 Å². The van der Waals surface area contributed by atoms with Crippen molar-refractivity contribution >= 4 is 24.2 Å². The van der Waals surface area contributed by atoms with E-state index in [1.807, 2.05) is 0 Å². The Morgan fingerprint density at radius 1 is 1.55 bits per heavy atom. The van der Waals surface area contributed by atoms with E-state index in [1.54, 1.807) is 6.92 Å². The van der Waals surface area contributed by atoms with Gasteiger partial charge in [-0.25, -0.2) is 0 Å². The molecule has 1 aliphatic heterocycles. The molecule has 0 saturated carbocycles. The Hall–Kier alpha value is -0.610. The van der Waals surface area contributed by atoms with Crippen molar-refractivity contribution in [2.75, 3.05) is 0 Å². The Labute approximate surface area is 70.9 Å². The lowest BCUT2D eigenvalue weighted by Gasteiger charge is -2.26.